The average molecular weight is 606 g/mol. The Morgan fingerprint density at radius 1 is 1.11 bits per heavy atom. The predicted molar refractivity (Wildman–Crippen MR) is 183 cm³/mol. The number of hydrogen-bond donors (Lipinski definition) is 1. The van der Waals surface area contributed by atoms with Gasteiger partial charge in [0.15, 0.2) is 5.82 Å². The molecule has 4 atom stereocenters. The van der Waals surface area contributed by atoms with E-state index in [4.69, 9.17) is 9.98 Å². The zero-order chi connectivity index (χ0) is 32.0. The number of nitrogens with zero attached hydrogens (tertiary/aromatic N) is 2. The normalized spacial score (nSPS) is 19.2. The zero-order valence-corrected chi connectivity index (χ0v) is 28.5. The molecule has 0 bridgehead atoms. The summed E-state index contributed by atoms with van der Waals surface area (Å²) in [6, 6.07) is 5.12. The molecular formula is C39H57F2N3. The van der Waals surface area contributed by atoms with Crippen LogP contribution in [0.4, 0.5) is 20.4 Å². The standard InChI is InChI=1S/C39H57F2N3/c1-9-12-14-25(4)33(11-3)29(8)32(10-2)18-28(7)43-38-27(6)17-26(5)37(44-38)42-24-34-35(40)20-30(21-36(34)41)19-31-22-39(23-31)15-13-16-39/h11,17,20-21,25,29,31-33H,3,9-10,12-16,18-19,22-24H2,1-2,4-8H3,(H,42,44)/b43-28+/t25?,29-,32?,33-/m1/s1. The number of aryl methyl sites for hydroxylation is 2. The van der Waals surface area contributed by atoms with Crippen molar-refractivity contribution in [3.05, 3.63) is 64.7 Å². The van der Waals surface area contributed by atoms with Crippen molar-refractivity contribution in [3.63, 3.8) is 0 Å². The third-order valence-electron chi connectivity index (χ3n) is 11.1. The van der Waals surface area contributed by atoms with Crippen LogP contribution in [0.3, 0.4) is 0 Å². The van der Waals surface area contributed by atoms with E-state index in [1.54, 1.807) is 0 Å². The first-order chi connectivity index (χ1) is 21.0. The van der Waals surface area contributed by atoms with Crippen LogP contribution in [0, 0.1) is 60.5 Å². The van der Waals surface area contributed by atoms with Crippen molar-refractivity contribution in [1.82, 2.24) is 4.98 Å². The lowest BCUT2D eigenvalue weighted by molar-refractivity contribution is -0.0239. The number of halogens is 2. The molecular weight excluding hydrogens is 548 g/mol. The lowest BCUT2D eigenvalue weighted by atomic mass is 9.51. The van der Waals surface area contributed by atoms with E-state index in [9.17, 15) is 0 Å². The molecule has 5 heteroatoms. The highest BCUT2D eigenvalue weighted by Crippen LogP contribution is 2.59. The van der Waals surface area contributed by atoms with Gasteiger partial charge >= 0.3 is 0 Å². The predicted octanol–water partition coefficient (Wildman–Crippen LogP) is 11.5. The smallest absolute Gasteiger partial charge is 0.157 e. The number of hydrogen-bond acceptors (Lipinski definition) is 3. The van der Waals surface area contributed by atoms with Crippen LogP contribution in [-0.4, -0.2) is 10.7 Å². The van der Waals surface area contributed by atoms with Gasteiger partial charge in [-0.1, -0.05) is 65.9 Å². The number of pyridine rings is 1. The molecule has 2 fully saturated rings. The monoisotopic (exact) mass is 605 g/mol. The van der Waals surface area contributed by atoms with Crippen LogP contribution in [0.25, 0.3) is 0 Å². The van der Waals surface area contributed by atoms with Crippen LogP contribution in [0.1, 0.15) is 121 Å². The van der Waals surface area contributed by atoms with Gasteiger partial charge in [0.05, 0.1) is 0 Å². The minimum atomic E-state index is -0.481. The molecule has 2 aliphatic carbocycles. The van der Waals surface area contributed by atoms with Gasteiger partial charge in [-0.2, -0.15) is 0 Å². The Morgan fingerprint density at radius 2 is 1.80 bits per heavy atom. The van der Waals surface area contributed by atoms with Crippen LogP contribution in [0.5, 0.6) is 0 Å². The summed E-state index contributed by atoms with van der Waals surface area (Å²) in [5, 5.41) is 3.21. The summed E-state index contributed by atoms with van der Waals surface area (Å²) in [6.45, 7) is 19.6. The van der Waals surface area contributed by atoms with E-state index >= 15 is 8.78 Å². The Kier molecular flexibility index (Phi) is 11.8. The summed E-state index contributed by atoms with van der Waals surface area (Å²) in [5.74, 6) is 3.01. The zero-order valence-electron chi connectivity index (χ0n) is 28.5. The second kappa shape index (κ2) is 15.1. The molecule has 0 saturated heterocycles. The molecule has 242 valence electrons. The number of allylic oxidation sites excluding steroid dienone is 1. The molecule has 1 heterocycles. The molecule has 2 unspecified atom stereocenters. The van der Waals surface area contributed by atoms with E-state index in [0.29, 0.717) is 46.6 Å². The fourth-order valence-corrected chi connectivity index (χ4v) is 8.18. The highest BCUT2D eigenvalue weighted by atomic mass is 19.1. The molecule has 0 amide bonds. The lowest BCUT2D eigenvalue weighted by Crippen LogP contribution is -2.43. The molecule has 1 aromatic carbocycles. The number of nitrogens with one attached hydrogen (secondary N) is 1. The summed E-state index contributed by atoms with van der Waals surface area (Å²) < 4.78 is 30.2. The number of benzene rings is 1. The molecule has 44 heavy (non-hydrogen) atoms. The van der Waals surface area contributed by atoms with Crippen LogP contribution in [0.15, 0.2) is 35.8 Å². The summed E-state index contributed by atoms with van der Waals surface area (Å²) in [5.41, 5.74) is 4.39. The topological polar surface area (TPSA) is 37.3 Å². The molecule has 0 radical (unpaired) electrons. The van der Waals surface area contributed by atoms with Crippen molar-refractivity contribution in [2.75, 3.05) is 5.32 Å². The van der Waals surface area contributed by atoms with Gasteiger partial charge in [-0.05, 0) is 129 Å². The number of unbranched alkanes of at least 4 members (excludes halogenated alkanes) is 1. The molecule has 2 aromatic rings. The van der Waals surface area contributed by atoms with Crippen molar-refractivity contribution in [2.45, 2.75) is 126 Å². The molecule has 1 spiro atoms. The van der Waals surface area contributed by atoms with Gasteiger partial charge in [-0.3, -0.25) is 0 Å². The Bertz CT molecular complexity index is 1280. The molecule has 4 rings (SSSR count). The highest BCUT2D eigenvalue weighted by molar-refractivity contribution is 5.84. The number of rotatable bonds is 16. The molecule has 2 saturated carbocycles. The summed E-state index contributed by atoms with van der Waals surface area (Å²) in [4.78, 5) is 9.79. The van der Waals surface area contributed by atoms with E-state index in [1.165, 1.54) is 63.5 Å². The number of aromatic nitrogens is 1. The lowest BCUT2D eigenvalue weighted by Gasteiger charge is -2.54. The van der Waals surface area contributed by atoms with E-state index in [2.05, 4.69) is 52.6 Å². The Labute approximate surface area is 266 Å². The number of anilines is 1. The summed E-state index contributed by atoms with van der Waals surface area (Å²) in [6.07, 6.45) is 15.1. The first-order valence-electron chi connectivity index (χ1n) is 17.3. The van der Waals surface area contributed by atoms with E-state index in [0.717, 1.165) is 41.7 Å². The minimum absolute atomic E-state index is 0.0398. The fraction of sp³-hybridized carbons (Fsp3) is 0.641. The quantitative estimate of drug-likeness (QED) is 0.153. The molecule has 0 aliphatic heterocycles. The first-order valence-corrected chi connectivity index (χ1v) is 17.3. The van der Waals surface area contributed by atoms with E-state index in [-0.39, 0.29) is 12.1 Å². The molecule has 1 aromatic heterocycles. The van der Waals surface area contributed by atoms with Gasteiger partial charge in [-0.15, -0.1) is 6.58 Å². The van der Waals surface area contributed by atoms with Gasteiger partial charge in [0, 0.05) is 17.8 Å². The van der Waals surface area contributed by atoms with Crippen molar-refractivity contribution < 1.29 is 8.78 Å². The maximum Gasteiger partial charge on any atom is 0.157 e. The number of aliphatic imine (C=N–C) groups is 1. The Morgan fingerprint density at radius 3 is 2.36 bits per heavy atom. The third kappa shape index (κ3) is 8.17. The largest absolute Gasteiger partial charge is 0.365 e. The molecule has 2 aliphatic rings. The van der Waals surface area contributed by atoms with Crippen molar-refractivity contribution in [3.8, 4) is 0 Å². The highest BCUT2D eigenvalue weighted by Gasteiger charge is 2.47. The van der Waals surface area contributed by atoms with Crippen LogP contribution < -0.4 is 5.32 Å². The Hall–Kier alpha value is -2.56. The van der Waals surface area contributed by atoms with Gasteiger partial charge < -0.3 is 5.32 Å². The SMILES string of the molecule is C=C[C@H](C(C)CCCC)[C@H](C)C(CC)C/C(C)=N/c1nc(NCc2c(F)cc(CC3CC4(CCC4)C3)cc2F)c(C)cc1C. The molecule has 1 N–H and O–H groups in total. The maximum atomic E-state index is 15.1. The summed E-state index contributed by atoms with van der Waals surface area (Å²) >= 11 is 0. The van der Waals surface area contributed by atoms with Gasteiger partial charge in [0.2, 0.25) is 0 Å². The average Bonchev–Trinajstić information content (AvgIpc) is 2.93. The van der Waals surface area contributed by atoms with Crippen LogP contribution in [0.2, 0.25) is 0 Å². The minimum Gasteiger partial charge on any atom is -0.365 e. The van der Waals surface area contributed by atoms with Crippen molar-refractivity contribution >= 4 is 17.3 Å². The molecule has 3 nitrogen and oxygen atoms in total. The summed E-state index contributed by atoms with van der Waals surface area (Å²) in [7, 11) is 0. The third-order valence-corrected chi connectivity index (χ3v) is 11.1. The van der Waals surface area contributed by atoms with Crippen LogP contribution in [-0.2, 0) is 13.0 Å². The van der Waals surface area contributed by atoms with Crippen LogP contribution >= 0.6 is 0 Å². The van der Waals surface area contributed by atoms with Gasteiger partial charge in [-0.25, -0.2) is 18.8 Å². The van der Waals surface area contributed by atoms with Crippen molar-refractivity contribution in [2.24, 2.45) is 40.0 Å². The van der Waals surface area contributed by atoms with Gasteiger partial charge in [0.25, 0.3) is 0 Å². The van der Waals surface area contributed by atoms with Gasteiger partial charge in [0.1, 0.15) is 17.5 Å². The van der Waals surface area contributed by atoms with E-state index in [1.807, 2.05) is 19.9 Å². The van der Waals surface area contributed by atoms with E-state index < -0.39 is 11.6 Å². The first kappa shape index (κ1) is 34.3. The van der Waals surface area contributed by atoms with Crippen molar-refractivity contribution in [1.29, 1.82) is 0 Å². The second-order valence-corrected chi connectivity index (χ2v) is 14.5. The second-order valence-electron chi connectivity index (χ2n) is 14.5. The Balaban J connectivity index is 1.41. The maximum absolute atomic E-state index is 15.1. The fourth-order valence-electron chi connectivity index (χ4n) is 8.18.